The Balaban J connectivity index is 0.00000144. The van der Waals surface area contributed by atoms with Crippen molar-refractivity contribution < 1.29 is 4.79 Å². The molecule has 1 saturated carbocycles. The number of nitrogens with zero attached hydrogens (tertiary/aromatic N) is 1. The zero-order valence-corrected chi connectivity index (χ0v) is 9.19. The SMILES string of the molecule is CN(C)C(=O)NC1CCCCC1.Cl. The van der Waals surface area contributed by atoms with Crippen molar-refractivity contribution in [2.75, 3.05) is 14.1 Å². The van der Waals surface area contributed by atoms with Crippen LogP contribution in [0.15, 0.2) is 0 Å². The molecule has 1 rings (SSSR count). The average molecular weight is 207 g/mol. The largest absolute Gasteiger partial charge is 0.335 e. The van der Waals surface area contributed by atoms with E-state index < -0.39 is 0 Å². The Kier molecular flexibility index (Phi) is 5.88. The molecule has 0 spiro atoms. The molecule has 1 aliphatic carbocycles. The van der Waals surface area contributed by atoms with Gasteiger partial charge < -0.3 is 10.2 Å². The van der Waals surface area contributed by atoms with Crippen molar-refractivity contribution in [3.05, 3.63) is 0 Å². The summed E-state index contributed by atoms with van der Waals surface area (Å²) in [6.07, 6.45) is 6.16. The fraction of sp³-hybridized carbons (Fsp3) is 0.889. The highest BCUT2D eigenvalue weighted by Gasteiger charge is 2.15. The zero-order chi connectivity index (χ0) is 8.97. The molecule has 0 heterocycles. The van der Waals surface area contributed by atoms with Crippen LogP contribution >= 0.6 is 12.4 Å². The summed E-state index contributed by atoms with van der Waals surface area (Å²) in [6, 6.07) is 0.468. The lowest BCUT2D eigenvalue weighted by Gasteiger charge is -2.24. The fourth-order valence-electron chi connectivity index (χ4n) is 1.55. The lowest BCUT2D eigenvalue weighted by molar-refractivity contribution is 0.209. The Hall–Kier alpha value is -0.440. The van der Waals surface area contributed by atoms with Gasteiger partial charge in [0.2, 0.25) is 0 Å². The molecular formula is C9H19ClN2O. The average Bonchev–Trinajstić information content (AvgIpc) is 2.06. The Morgan fingerprint density at radius 1 is 1.23 bits per heavy atom. The molecular weight excluding hydrogens is 188 g/mol. The molecule has 0 saturated heterocycles. The standard InChI is InChI=1S/C9H18N2O.ClH/c1-11(2)9(12)10-8-6-4-3-5-7-8;/h8H,3-7H2,1-2H3,(H,10,12);1H. The number of carbonyl (C=O) groups is 1. The van der Waals surface area contributed by atoms with Gasteiger partial charge in [0.25, 0.3) is 0 Å². The minimum Gasteiger partial charge on any atom is -0.335 e. The molecule has 0 atom stereocenters. The van der Waals surface area contributed by atoms with Crippen LogP contribution in [0.2, 0.25) is 0 Å². The summed E-state index contributed by atoms with van der Waals surface area (Å²) in [6.45, 7) is 0. The Bertz CT molecular complexity index is 156. The molecule has 3 nitrogen and oxygen atoms in total. The minimum atomic E-state index is 0. The number of nitrogens with one attached hydrogen (secondary N) is 1. The van der Waals surface area contributed by atoms with E-state index in [0.717, 1.165) is 12.8 Å². The van der Waals surface area contributed by atoms with Gasteiger partial charge in [0, 0.05) is 20.1 Å². The molecule has 2 amide bonds. The lowest BCUT2D eigenvalue weighted by atomic mass is 9.96. The van der Waals surface area contributed by atoms with Crippen molar-refractivity contribution >= 4 is 18.4 Å². The Morgan fingerprint density at radius 3 is 2.23 bits per heavy atom. The van der Waals surface area contributed by atoms with Crippen LogP contribution in [-0.4, -0.2) is 31.1 Å². The molecule has 0 bridgehead atoms. The first-order valence-corrected chi connectivity index (χ1v) is 4.68. The fourth-order valence-corrected chi connectivity index (χ4v) is 1.55. The number of urea groups is 1. The molecule has 0 aromatic carbocycles. The molecule has 0 aromatic heterocycles. The highest BCUT2D eigenvalue weighted by molar-refractivity contribution is 5.85. The molecule has 0 unspecified atom stereocenters. The van der Waals surface area contributed by atoms with Gasteiger partial charge in [-0.05, 0) is 12.8 Å². The number of halogens is 1. The summed E-state index contributed by atoms with van der Waals surface area (Å²) in [7, 11) is 3.55. The van der Waals surface area contributed by atoms with E-state index in [2.05, 4.69) is 5.32 Å². The number of rotatable bonds is 1. The number of amides is 2. The molecule has 0 aromatic rings. The molecule has 0 radical (unpaired) electrons. The van der Waals surface area contributed by atoms with Gasteiger partial charge in [-0.15, -0.1) is 12.4 Å². The van der Waals surface area contributed by atoms with Crippen molar-refractivity contribution in [2.45, 2.75) is 38.1 Å². The summed E-state index contributed by atoms with van der Waals surface area (Å²) < 4.78 is 0. The van der Waals surface area contributed by atoms with E-state index in [1.807, 2.05) is 0 Å². The van der Waals surface area contributed by atoms with E-state index in [1.165, 1.54) is 19.3 Å². The summed E-state index contributed by atoms with van der Waals surface area (Å²) >= 11 is 0. The van der Waals surface area contributed by atoms with Crippen molar-refractivity contribution in [1.29, 1.82) is 0 Å². The first-order valence-electron chi connectivity index (χ1n) is 4.68. The highest BCUT2D eigenvalue weighted by Crippen LogP contribution is 2.17. The first kappa shape index (κ1) is 12.6. The van der Waals surface area contributed by atoms with Gasteiger partial charge in [-0.25, -0.2) is 4.79 Å². The van der Waals surface area contributed by atoms with E-state index in [4.69, 9.17) is 0 Å². The van der Waals surface area contributed by atoms with Crippen LogP contribution in [0.25, 0.3) is 0 Å². The van der Waals surface area contributed by atoms with Gasteiger partial charge in [0.05, 0.1) is 0 Å². The van der Waals surface area contributed by atoms with Gasteiger partial charge in [-0.2, -0.15) is 0 Å². The molecule has 78 valence electrons. The second-order valence-electron chi connectivity index (χ2n) is 3.68. The van der Waals surface area contributed by atoms with Crippen molar-refractivity contribution in [2.24, 2.45) is 0 Å². The van der Waals surface area contributed by atoms with E-state index in [0.29, 0.717) is 6.04 Å². The van der Waals surface area contributed by atoms with Gasteiger partial charge in [-0.1, -0.05) is 19.3 Å². The Labute approximate surface area is 86.3 Å². The summed E-state index contributed by atoms with van der Waals surface area (Å²) in [5, 5.41) is 3.01. The molecule has 0 aliphatic heterocycles. The topological polar surface area (TPSA) is 32.3 Å². The van der Waals surface area contributed by atoms with Crippen LogP contribution in [0.5, 0.6) is 0 Å². The van der Waals surface area contributed by atoms with E-state index in [-0.39, 0.29) is 18.4 Å². The molecule has 4 heteroatoms. The summed E-state index contributed by atoms with van der Waals surface area (Å²) in [5.74, 6) is 0. The van der Waals surface area contributed by atoms with Crippen LogP contribution < -0.4 is 5.32 Å². The predicted molar refractivity (Wildman–Crippen MR) is 56.3 cm³/mol. The van der Waals surface area contributed by atoms with Crippen LogP contribution in [-0.2, 0) is 0 Å². The van der Waals surface area contributed by atoms with Crippen LogP contribution in [0, 0.1) is 0 Å². The number of carbonyl (C=O) groups excluding carboxylic acids is 1. The molecule has 13 heavy (non-hydrogen) atoms. The van der Waals surface area contributed by atoms with E-state index in [9.17, 15) is 4.79 Å². The quantitative estimate of drug-likeness (QED) is 0.700. The van der Waals surface area contributed by atoms with Crippen molar-refractivity contribution in [1.82, 2.24) is 10.2 Å². The maximum Gasteiger partial charge on any atom is 0.317 e. The third-order valence-electron chi connectivity index (χ3n) is 2.34. The third-order valence-corrected chi connectivity index (χ3v) is 2.34. The van der Waals surface area contributed by atoms with Gasteiger partial charge in [0.15, 0.2) is 0 Å². The predicted octanol–water partition coefficient (Wildman–Crippen LogP) is 2.01. The van der Waals surface area contributed by atoms with E-state index in [1.54, 1.807) is 19.0 Å². The summed E-state index contributed by atoms with van der Waals surface area (Å²) in [4.78, 5) is 12.8. The highest BCUT2D eigenvalue weighted by atomic mass is 35.5. The van der Waals surface area contributed by atoms with Crippen LogP contribution in [0.4, 0.5) is 4.79 Å². The second-order valence-corrected chi connectivity index (χ2v) is 3.68. The summed E-state index contributed by atoms with van der Waals surface area (Å²) in [5.41, 5.74) is 0. The zero-order valence-electron chi connectivity index (χ0n) is 8.38. The lowest BCUT2D eigenvalue weighted by Crippen LogP contribution is -2.42. The molecule has 1 N–H and O–H groups in total. The maximum absolute atomic E-state index is 11.2. The minimum absolute atomic E-state index is 0. The first-order chi connectivity index (χ1) is 5.70. The molecule has 1 aliphatic rings. The number of hydrogen-bond donors (Lipinski definition) is 1. The van der Waals surface area contributed by atoms with Crippen molar-refractivity contribution in [3.63, 3.8) is 0 Å². The van der Waals surface area contributed by atoms with E-state index >= 15 is 0 Å². The normalized spacial score (nSPS) is 17.4. The maximum atomic E-state index is 11.2. The monoisotopic (exact) mass is 206 g/mol. The van der Waals surface area contributed by atoms with Gasteiger partial charge in [-0.3, -0.25) is 0 Å². The Morgan fingerprint density at radius 2 is 1.77 bits per heavy atom. The van der Waals surface area contributed by atoms with Crippen molar-refractivity contribution in [3.8, 4) is 0 Å². The van der Waals surface area contributed by atoms with Crippen LogP contribution in [0.1, 0.15) is 32.1 Å². The second kappa shape index (κ2) is 6.08. The molecule has 1 fully saturated rings. The van der Waals surface area contributed by atoms with Crippen LogP contribution in [0.3, 0.4) is 0 Å². The van der Waals surface area contributed by atoms with Gasteiger partial charge in [0.1, 0.15) is 0 Å². The van der Waals surface area contributed by atoms with Gasteiger partial charge >= 0.3 is 6.03 Å². The smallest absolute Gasteiger partial charge is 0.317 e. The third kappa shape index (κ3) is 4.36. The number of hydrogen-bond acceptors (Lipinski definition) is 1.